The van der Waals surface area contributed by atoms with Crippen molar-refractivity contribution in [3.05, 3.63) is 100 Å². The Labute approximate surface area is 227 Å². The lowest BCUT2D eigenvalue weighted by Gasteiger charge is -2.34. The lowest BCUT2D eigenvalue weighted by molar-refractivity contribution is 0.608. The number of terminal acetylenes is 1. The molecule has 6 rings (SSSR count). The number of nitrogens with zero attached hydrogens (tertiary/aromatic N) is 4. The number of rotatable bonds is 6. The fourth-order valence-corrected chi connectivity index (χ4v) is 7.37. The average Bonchev–Trinajstić information content (AvgIpc) is 3.66. The molecule has 38 heavy (non-hydrogen) atoms. The average molecular weight is 541 g/mol. The summed E-state index contributed by atoms with van der Waals surface area (Å²) in [4.78, 5) is 23.8. The van der Waals surface area contributed by atoms with Gasteiger partial charge in [-0.25, -0.2) is 9.97 Å². The first kappa shape index (κ1) is 24.5. The molecule has 190 valence electrons. The van der Waals surface area contributed by atoms with Crippen molar-refractivity contribution in [2.45, 2.75) is 34.2 Å². The van der Waals surface area contributed by atoms with Gasteiger partial charge in [0.15, 0.2) is 0 Å². The molecule has 6 nitrogen and oxygen atoms in total. The number of fused-ring (bicyclic) bond motifs is 1. The molecule has 0 aliphatic heterocycles. The minimum atomic E-state index is -2.76. The Bertz CT molecular complexity index is 1780. The van der Waals surface area contributed by atoms with Gasteiger partial charge in [-0.05, 0) is 82.7 Å². The number of benzene rings is 2. The largest absolute Gasteiger partial charge is 0.337 e. The first-order valence-electron chi connectivity index (χ1n) is 12.3. The second-order valence-electron chi connectivity index (χ2n) is 9.59. The van der Waals surface area contributed by atoms with Crippen LogP contribution in [-0.2, 0) is 13.6 Å². The van der Waals surface area contributed by atoms with E-state index in [1.807, 2.05) is 54.1 Å². The third-order valence-electron chi connectivity index (χ3n) is 6.97. The lowest BCUT2D eigenvalue weighted by Crippen LogP contribution is -2.22. The van der Waals surface area contributed by atoms with Gasteiger partial charge in [0, 0.05) is 51.6 Å². The normalized spacial score (nSPS) is 15.6. The van der Waals surface area contributed by atoms with Crippen LogP contribution in [-0.4, -0.2) is 23.7 Å². The molecule has 1 N–H and O–H groups in total. The van der Waals surface area contributed by atoms with Crippen LogP contribution in [0, 0.1) is 18.3 Å². The van der Waals surface area contributed by atoms with E-state index in [9.17, 15) is 9.35 Å². The molecule has 1 saturated carbocycles. The zero-order valence-electron chi connectivity index (χ0n) is 20.7. The predicted molar refractivity (Wildman–Crippen MR) is 152 cm³/mol. The van der Waals surface area contributed by atoms with Crippen molar-refractivity contribution in [2.75, 3.05) is 0 Å². The van der Waals surface area contributed by atoms with Gasteiger partial charge >= 0.3 is 0 Å². The van der Waals surface area contributed by atoms with Gasteiger partial charge in [0.2, 0.25) is 0 Å². The predicted octanol–water partition coefficient (Wildman–Crippen LogP) is 6.60. The molecule has 1 aliphatic carbocycles. The van der Waals surface area contributed by atoms with Crippen LogP contribution >= 0.6 is 21.9 Å². The summed E-state index contributed by atoms with van der Waals surface area (Å²) in [6, 6.07) is 18.4. The van der Waals surface area contributed by atoms with E-state index in [2.05, 4.69) is 10.9 Å². The Morgan fingerprint density at radius 3 is 2.58 bits per heavy atom. The van der Waals surface area contributed by atoms with Crippen LogP contribution in [0.1, 0.15) is 18.4 Å². The van der Waals surface area contributed by atoms with Crippen LogP contribution in [0.4, 0.5) is 0 Å². The first-order chi connectivity index (χ1) is 18.4. The molecular formula is C30H25ClN4O2S. The molecule has 0 saturated heterocycles. The monoisotopic (exact) mass is 540 g/mol. The standard InChI is InChI=1S/C30H25ClN4O2S/c1-3-20-5-4-6-22(13-20)26-15-28(36)35(18-21-7-8-21)30-27(26)14-25(16-33-30)38(37,29-17-32-19-34(29)2)24-11-9-23(31)10-12-24/h1,4-6,9-17,19,21,37H,7-8,18H2,2H3. The Kier molecular flexibility index (Phi) is 6.11. The van der Waals surface area contributed by atoms with Gasteiger partial charge < -0.3 is 9.12 Å². The topological polar surface area (TPSA) is 72.9 Å². The van der Waals surface area contributed by atoms with E-state index in [4.69, 9.17) is 23.0 Å². The van der Waals surface area contributed by atoms with Gasteiger partial charge in [-0.2, -0.15) is 0 Å². The van der Waals surface area contributed by atoms with Crippen molar-refractivity contribution in [1.29, 1.82) is 0 Å². The highest BCUT2D eigenvalue weighted by Gasteiger charge is 2.33. The maximum atomic E-state index is 13.3. The van der Waals surface area contributed by atoms with Crippen molar-refractivity contribution >= 4 is 32.9 Å². The van der Waals surface area contributed by atoms with E-state index in [-0.39, 0.29) is 5.56 Å². The van der Waals surface area contributed by atoms with Crippen molar-refractivity contribution in [1.82, 2.24) is 19.1 Å². The first-order valence-corrected chi connectivity index (χ1v) is 14.2. The molecule has 5 aromatic rings. The molecule has 0 radical (unpaired) electrons. The number of hydrogen-bond acceptors (Lipinski definition) is 4. The molecule has 8 heteroatoms. The molecule has 1 unspecified atom stereocenters. The number of aryl methyl sites for hydroxylation is 1. The smallest absolute Gasteiger partial charge is 0.252 e. The molecule has 1 aliphatic rings. The molecular weight excluding hydrogens is 516 g/mol. The highest BCUT2D eigenvalue weighted by atomic mass is 35.5. The zero-order valence-corrected chi connectivity index (χ0v) is 22.3. The van der Waals surface area contributed by atoms with Gasteiger partial charge in [0.25, 0.3) is 5.56 Å². The van der Waals surface area contributed by atoms with Crippen molar-refractivity contribution < 1.29 is 4.55 Å². The minimum absolute atomic E-state index is 0.0993. The fourth-order valence-electron chi connectivity index (χ4n) is 4.79. The molecule has 3 aromatic heterocycles. The van der Waals surface area contributed by atoms with Gasteiger partial charge in [-0.1, -0.05) is 29.7 Å². The lowest BCUT2D eigenvalue weighted by atomic mass is 10.0. The van der Waals surface area contributed by atoms with Crippen molar-refractivity contribution in [3.8, 4) is 23.5 Å². The van der Waals surface area contributed by atoms with Crippen LogP contribution in [0.2, 0.25) is 5.02 Å². The van der Waals surface area contributed by atoms with E-state index in [0.29, 0.717) is 37.9 Å². The SMILES string of the molecule is C#Cc1cccc(-c2cc(=O)n(CC3CC3)c3ncc(S(O)(c4ccc(Cl)cc4)c4cncn4C)cc23)c1. The fraction of sp³-hybridized carbons (Fsp3) is 0.167. The number of halogens is 1. The summed E-state index contributed by atoms with van der Waals surface area (Å²) in [7, 11) is -0.901. The Morgan fingerprint density at radius 1 is 1.11 bits per heavy atom. The summed E-state index contributed by atoms with van der Waals surface area (Å²) in [5.41, 5.74) is 2.77. The van der Waals surface area contributed by atoms with Gasteiger partial charge in [0.05, 0.1) is 12.5 Å². The molecule has 3 heterocycles. The number of aromatic nitrogens is 4. The van der Waals surface area contributed by atoms with E-state index in [0.717, 1.165) is 34.9 Å². The second kappa shape index (κ2) is 9.48. The second-order valence-corrected chi connectivity index (χ2v) is 12.6. The Balaban J connectivity index is 1.65. The highest BCUT2D eigenvalue weighted by molar-refractivity contribution is 8.29. The summed E-state index contributed by atoms with van der Waals surface area (Å²) in [5.74, 6) is 3.16. The molecule has 0 bridgehead atoms. The molecule has 2 aromatic carbocycles. The van der Waals surface area contributed by atoms with Gasteiger partial charge in [-0.15, -0.1) is 6.42 Å². The van der Waals surface area contributed by atoms with Crippen molar-refractivity contribution in [2.24, 2.45) is 13.0 Å². The van der Waals surface area contributed by atoms with Crippen LogP contribution in [0.5, 0.6) is 0 Å². The maximum absolute atomic E-state index is 13.3. The third kappa shape index (κ3) is 4.21. The van der Waals surface area contributed by atoms with Gasteiger partial charge in [-0.3, -0.25) is 9.36 Å². The van der Waals surface area contributed by atoms with E-state index < -0.39 is 10.3 Å². The molecule has 1 atom stereocenters. The summed E-state index contributed by atoms with van der Waals surface area (Å²) >= 11 is 6.19. The summed E-state index contributed by atoms with van der Waals surface area (Å²) < 4.78 is 16.1. The Morgan fingerprint density at radius 2 is 1.89 bits per heavy atom. The van der Waals surface area contributed by atoms with E-state index in [1.165, 1.54) is 0 Å². The third-order valence-corrected chi connectivity index (χ3v) is 10.1. The number of hydrogen-bond donors (Lipinski definition) is 1. The Hall–Kier alpha value is -3.83. The molecule has 1 fully saturated rings. The van der Waals surface area contributed by atoms with E-state index in [1.54, 1.807) is 41.5 Å². The van der Waals surface area contributed by atoms with Crippen molar-refractivity contribution in [3.63, 3.8) is 0 Å². The highest BCUT2D eigenvalue weighted by Crippen LogP contribution is 2.65. The minimum Gasteiger partial charge on any atom is -0.337 e. The zero-order chi connectivity index (χ0) is 26.4. The molecule has 0 amide bonds. The number of pyridine rings is 2. The number of imidazole rings is 1. The summed E-state index contributed by atoms with van der Waals surface area (Å²) in [6.45, 7) is 0.627. The van der Waals surface area contributed by atoms with Crippen LogP contribution in [0.15, 0.2) is 99.0 Å². The summed E-state index contributed by atoms with van der Waals surface area (Å²) in [6.07, 6.45) is 12.9. The van der Waals surface area contributed by atoms with Gasteiger partial charge in [0.1, 0.15) is 10.7 Å². The van der Waals surface area contributed by atoms with Crippen LogP contribution in [0.3, 0.4) is 0 Å². The van der Waals surface area contributed by atoms with Crippen LogP contribution < -0.4 is 5.56 Å². The maximum Gasteiger partial charge on any atom is 0.252 e. The van der Waals surface area contributed by atoms with Crippen LogP contribution in [0.25, 0.3) is 22.2 Å². The quantitative estimate of drug-likeness (QED) is 0.246. The summed E-state index contributed by atoms with van der Waals surface area (Å²) in [5, 5.41) is 2.01. The molecule has 0 spiro atoms. The van der Waals surface area contributed by atoms with E-state index >= 15 is 0 Å².